The number of Topliss-reactive ketones (excluding diaryl/α,β-unsaturated/α-hetero) is 1. The molecule has 1 aromatic rings. The first-order chi connectivity index (χ1) is 9.00. The van der Waals surface area contributed by atoms with Crippen LogP contribution in [0.4, 0.5) is 0 Å². The summed E-state index contributed by atoms with van der Waals surface area (Å²) in [7, 11) is 0. The van der Waals surface area contributed by atoms with E-state index in [0.717, 1.165) is 23.8 Å². The molecule has 3 aliphatic rings. The molecule has 0 N–H and O–H groups in total. The Labute approximate surface area is 116 Å². The van der Waals surface area contributed by atoms with Crippen molar-refractivity contribution in [2.75, 3.05) is 0 Å². The number of carbonyl (C=O) groups excluding carboxylic acids is 1. The van der Waals surface area contributed by atoms with E-state index < -0.39 is 0 Å². The largest absolute Gasteiger partial charge is 0.294 e. The number of hydrogen-bond acceptors (Lipinski definition) is 1. The summed E-state index contributed by atoms with van der Waals surface area (Å²) in [4.78, 5) is 12.3. The van der Waals surface area contributed by atoms with Crippen LogP contribution < -0.4 is 0 Å². The van der Waals surface area contributed by atoms with Crippen molar-refractivity contribution < 1.29 is 4.79 Å². The molecule has 0 heterocycles. The highest BCUT2D eigenvalue weighted by molar-refractivity contribution is 5.96. The molecule has 4 unspecified atom stereocenters. The molecule has 3 aliphatic carbocycles. The van der Waals surface area contributed by atoms with E-state index in [0.29, 0.717) is 23.0 Å². The Balaban J connectivity index is 1.68. The van der Waals surface area contributed by atoms with E-state index >= 15 is 0 Å². The lowest BCUT2D eigenvalue weighted by molar-refractivity contribution is -0.127. The van der Waals surface area contributed by atoms with Gasteiger partial charge in [-0.1, -0.05) is 51.1 Å². The molecule has 0 amide bonds. The van der Waals surface area contributed by atoms with Crippen LogP contribution in [0.5, 0.6) is 0 Å². The van der Waals surface area contributed by atoms with E-state index in [9.17, 15) is 4.79 Å². The Morgan fingerprint density at radius 1 is 1.21 bits per heavy atom. The van der Waals surface area contributed by atoms with Gasteiger partial charge in [-0.25, -0.2) is 0 Å². The Kier molecular flexibility index (Phi) is 3.03. The minimum absolute atomic E-state index is 0.330. The van der Waals surface area contributed by atoms with Crippen molar-refractivity contribution in [2.45, 2.75) is 40.0 Å². The third kappa shape index (κ3) is 2.04. The van der Waals surface area contributed by atoms with Crippen LogP contribution in [0, 0.1) is 29.1 Å². The van der Waals surface area contributed by atoms with Gasteiger partial charge in [0, 0.05) is 12.0 Å². The molecule has 1 aromatic carbocycles. The van der Waals surface area contributed by atoms with E-state index in [1.54, 1.807) is 0 Å². The Bertz CT molecular complexity index is 474. The lowest BCUT2D eigenvalue weighted by Gasteiger charge is -2.62. The third-order valence-electron chi connectivity index (χ3n) is 6.06. The van der Waals surface area contributed by atoms with Gasteiger partial charge in [0.25, 0.3) is 0 Å². The molecule has 2 bridgehead atoms. The predicted octanol–water partition coefficient (Wildman–Crippen LogP) is 4.58. The summed E-state index contributed by atoms with van der Waals surface area (Å²) < 4.78 is 0. The van der Waals surface area contributed by atoms with E-state index in [1.807, 2.05) is 30.3 Å². The van der Waals surface area contributed by atoms with Gasteiger partial charge in [0.1, 0.15) is 0 Å². The zero-order valence-corrected chi connectivity index (χ0v) is 12.2. The highest BCUT2D eigenvalue weighted by Crippen LogP contribution is 2.63. The summed E-state index contributed by atoms with van der Waals surface area (Å²) in [6.07, 6.45) is 3.39. The quantitative estimate of drug-likeness (QED) is 0.724. The summed E-state index contributed by atoms with van der Waals surface area (Å²) >= 11 is 0. The second kappa shape index (κ2) is 4.47. The number of fused-ring (bicyclic) bond motifs is 2. The van der Waals surface area contributed by atoms with Gasteiger partial charge in [0.05, 0.1) is 0 Å². The highest BCUT2D eigenvalue weighted by atomic mass is 16.1. The zero-order chi connectivity index (χ0) is 13.6. The molecule has 0 aliphatic heterocycles. The number of carbonyl (C=O) groups is 1. The maximum absolute atomic E-state index is 12.3. The molecule has 3 saturated carbocycles. The molecule has 0 saturated heterocycles. The fourth-order valence-electron chi connectivity index (χ4n) is 4.51. The molecule has 1 nitrogen and oxygen atoms in total. The topological polar surface area (TPSA) is 17.1 Å². The average Bonchev–Trinajstić information content (AvgIpc) is 2.41. The zero-order valence-electron chi connectivity index (χ0n) is 12.2. The lowest BCUT2D eigenvalue weighted by atomic mass is 9.43. The Morgan fingerprint density at radius 2 is 1.89 bits per heavy atom. The maximum Gasteiger partial charge on any atom is 0.163 e. The van der Waals surface area contributed by atoms with Gasteiger partial charge in [0.2, 0.25) is 0 Å². The van der Waals surface area contributed by atoms with Gasteiger partial charge in [-0.15, -0.1) is 0 Å². The average molecular weight is 256 g/mol. The smallest absolute Gasteiger partial charge is 0.163 e. The van der Waals surface area contributed by atoms with E-state index in [1.165, 1.54) is 12.8 Å². The number of benzene rings is 1. The third-order valence-corrected chi connectivity index (χ3v) is 6.06. The highest BCUT2D eigenvalue weighted by Gasteiger charge is 2.56. The van der Waals surface area contributed by atoms with Gasteiger partial charge in [-0.3, -0.25) is 4.79 Å². The first-order valence-corrected chi connectivity index (χ1v) is 7.58. The summed E-state index contributed by atoms with van der Waals surface area (Å²) in [5, 5.41) is 0. The summed E-state index contributed by atoms with van der Waals surface area (Å²) in [6, 6.07) is 9.77. The van der Waals surface area contributed by atoms with Crippen LogP contribution in [0.2, 0.25) is 0 Å². The maximum atomic E-state index is 12.3. The fraction of sp³-hybridized carbons (Fsp3) is 0.611. The Morgan fingerprint density at radius 3 is 2.47 bits per heavy atom. The molecule has 102 valence electrons. The van der Waals surface area contributed by atoms with E-state index in [4.69, 9.17) is 0 Å². The minimum atomic E-state index is 0.330. The molecule has 19 heavy (non-hydrogen) atoms. The number of ketones is 1. The molecule has 3 fully saturated rings. The Hall–Kier alpha value is -1.11. The SMILES string of the molecule is CC1C(CC(=O)c2ccccc2)CC2CC1C2(C)C. The van der Waals surface area contributed by atoms with Gasteiger partial charge in [-0.05, 0) is 41.9 Å². The molecule has 0 spiro atoms. The van der Waals surface area contributed by atoms with Crippen LogP contribution in [-0.2, 0) is 0 Å². The van der Waals surface area contributed by atoms with Crippen LogP contribution >= 0.6 is 0 Å². The number of hydrogen-bond donors (Lipinski definition) is 0. The first-order valence-electron chi connectivity index (χ1n) is 7.58. The molecule has 0 radical (unpaired) electrons. The lowest BCUT2D eigenvalue weighted by Crippen LogP contribution is -2.55. The molecule has 0 aromatic heterocycles. The molecule has 4 atom stereocenters. The van der Waals surface area contributed by atoms with Crippen LogP contribution in [0.15, 0.2) is 30.3 Å². The number of rotatable bonds is 3. The van der Waals surface area contributed by atoms with Crippen molar-refractivity contribution >= 4 is 5.78 Å². The fourth-order valence-corrected chi connectivity index (χ4v) is 4.51. The van der Waals surface area contributed by atoms with Gasteiger partial charge >= 0.3 is 0 Å². The molecule has 4 rings (SSSR count). The monoisotopic (exact) mass is 256 g/mol. The first kappa shape index (κ1) is 12.9. The van der Waals surface area contributed by atoms with Crippen molar-refractivity contribution in [3.05, 3.63) is 35.9 Å². The second-order valence-electron chi connectivity index (χ2n) is 7.21. The van der Waals surface area contributed by atoms with Crippen LogP contribution in [-0.4, -0.2) is 5.78 Å². The summed E-state index contributed by atoms with van der Waals surface area (Å²) in [6.45, 7) is 7.19. The van der Waals surface area contributed by atoms with Gasteiger partial charge < -0.3 is 0 Å². The predicted molar refractivity (Wildman–Crippen MR) is 78.0 cm³/mol. The van der Waals surface area contributed by atoms with E-state index in [-0.39, 0.29) is 0 Å². The summed E-state index contributed by atoms with van der Waals surface area (Å²) in [5.74, 6) is 3.32. The van der Waals surface area contributed by atoms with Crippen molar-refractivity contribution in [3.63, 3.8) is 0 Å². The van der Waals surface area contributed by atoms with Crippen molar-refractivity contribution in [3.8, 4) is 0 Å². The van der Waals surface area contributed by atoms with Crippen molar-refractivity contribution in [1.82, 2.24) is 0 Å². The molecule has 1 heteroatoms. The van der Waals surface area contributed by atoms with Crippen LogP contribution in [0.1, 0.15) is 50.4 Å². The normalized spacial score (nSPS) is 35.5. The van der Waals surface area contributed by atoms with Crippen molar-refractivity contribution in [1.29, 1.82) is 0 Å². The van der Waals surface area contributed by atoms with Gasteiger partial charge in [0.15, 0.2) is 5.78 Å². The standard InChI is InChI=1S/C18H24O/c1-12-14(9-15-11-16(12)18(15,2)3)10-17(19)13-7-5-4-6-8-13/h4-8,12,14-16H,9-11H2,1-3H3. The second-order valence-corrected chi connectivity index (χ2v) is 7.21. The van der Waals surface area contributed by atoms with Crippen molar-refractivity contribution in [2.24, 2.45) is 29.1 Å². The van der Waals surface area contributed by atoms with E-state index in [2.05, 4.69) is 20.8 Å². The molecular weight excluding hydrogens is 232 g/mol. The van der Waals surface area contributed by atoms with Crippen LogP contribution in [0.3, 0.4) is 0 Å². The summed E-state index contributed by atoms with van der Waals surface area (Å²) in [5.41, 5.74) is 1.40. The van der Waals surface area contributed by atoms with Crippen LogP contribution in [0.25, 0.3) is 0 Å². The van der Waals surface area contributed by atoms with Gasteiger partial charge in [-0.2, -0.15) is 0 Å². The molecular formula is C18H24O. The minimum Gasteiger partial charge on any atom is -0.294 e.